The molecule has 2 aromatic carbocycles. The van der Waals surface area contributed by atoms with Gasteiger partial charge in [-0.1, -0.05) is 72.4 Å². The first-order valence-corrected chi connectivity index (χ1v) is 12.9. The number of carbonyl (C=O) groups is 4. The Morgan fingerprint density at radius 3 is 2.49 bits per heavy atom. The number of benzene rings is 2. The number of fused-ring (bicyclic) bond motifs is 1. The van der Waals surface area contributed by atoms with E-state index in [9.17, 15) is 19.2 Å². The van der Waals surface area contributed by atoms with Crippen LogP contribution in [0.2, 0.25) is 0 Å². The molecule has 3 aliphatic heterocycles. The number of Topliss-reactive ketones (excluding diaryl/α,β-unsaturated/α-hetero) is 1. The normalized spacial score (nSPS) is 26.9. The molecule has 0 saturated carbocycles. The van der Waals surface area contributed by atoms with Gasteiger partial charge in [0.15, 0.2) is 0 Å². The Hall–Kier alpha value is -3.60. The maximum Gasteiger partial charge on any atom is 0.378 e. The Morgan fingerprint density at radius 2 is 1.81 bits per heavy atom. The van der Waals surface area contributed by atoms with Crippen molar-refractivity contribution in [3.8, 4) is 0 Å². The molecule has 2 radical (unpaired) electrons. The molecule has 2 aromatic rings. The average molecular weight is 516 g/mol. The van der Waals surface area contributed by atoms with Crippen molar-refractivity contribution in [2.24, 2.45) is 11.0 Å². The van der Waals surface area contributed by atoms with Crippen LogP contribution in [0.3, 0.4) is 0 Å². The molecule has 0 spiro atoms. The lowest BCUT2D eigenvalue weighted by molar-refractivity contribution is -0.154. The number of β-lactam (4-membered cyclic amide) rings is 1. The number of amides is 3. The van der Waals surface area contributed by atoms with Crippen molar-refractivity contribution in [1.29, 1.82) is 0 Å². The van der Waals surface area contributed by atoms with Gasteiger partial charge in [-0.3, -0.25) is 19.3 Å². The summed E-state index contributed by atoms with van der Waals surface area (Å²) in [7, 11) is 5.31. The Kier molecular flexibility index (Phi) is 6.81. The summed E-state index contributed by atoms with van der Waals surface area (Å²) in [5.74, 6) is -1.67. The van der Waals surface area contributed by atoms with Gasteiger partial charge in [-0.25, -0.2) is 9.80 Å². The summed E-state index contributed by atoms with van der Waals surface area (Å²) in [6, 6.07) is 17.8. The SMILES string of the molecule is [B]OC(=O)[C@@]1(N2C(=O)N(/N=C/c3ccccc3)C[C@@H]2C)CN2C(=O)C(CC(=O)Cc3ccccc3)[C@H]2S1. The van der Waals surface area contributed by atoms with Crippen molar-refractivity contribution in [1.82, 2.24) is 14.8 Å². The number of urea groups is 1. The highest BCUT2D eigenvalue weighted by Gasteiger charge is 2.67. The van der Waals surface area contributed by atoms with E-state index in [4.69, 9.17) is 8.05 Å². The van der Waals surface area contributed by atoms with Gasteiger partial charge >= 0.3 is 20.0 Å². The van der Waals surface area contributed by atoms with Crippen LogP contribution in [0.25, 0.3) is 0 Å². The second-order valence-corrected chi connectivity index (χ2v) is 10.8. The quantitative estimate of drug-likeness (QED) is 0.303. The van der Waals surface area contributed by atoms with Crippen molar-refractivity contribution in [3.63, 3.8) is 0 Å². The molecule has 3 heterocycles. The minimum absolute atomic E-state index is 0.0595. The monoisotopic (exact) mass is 516 g/mol. The van der Waals surface area contributed by atoms with Crippen LogP contribution in [0.5, 0.6) is 0 Å². The molecule has 3 saturated heterocycles. The zero-order valence-corrected chi connectivity index (χ0v) is 21.0. The van der Waals surface area contributed by atoms with Crippen LogP contribution in [-0.2, 0) is 25.5 Å². The van der Waals surface area contributed by atoms with E-state index < -0.39 is 34.2 Å². The summed E-state index contributed by atoms with van der Waals surface area (Å²) < 4.78 is 4.65. The van der Waals surface area contributed by atoms with Gasteiger partial charge in [-0.2, -0.15) is 5.10 Å². The van der Waals surface area contributed by atoms with Gasteiger partial charge in [0.2, 0.25) is 10.8 Å². The maximum atomic E-state index is 13.4. The molecule has 188 valence electrons. The van der Waals surface area contributed by atoms with E-state index in [1.807, 2.05) is 60.7 Å². The smallest absolute Gasteiger partial charge is 0.378 e. The molecule has 11 heteroatoms. The van der Waals surface area contributed by atoms with Crippen molar-refractivity contribution in [2.45, 2.75) is 36.1 Å². The van der Waals surface area contributed by atoms with Crippen LogP contribution in [0.15, 0.2) is 65.8 Å². The first kappa shape index (κ1) is 25.1. The average Bonchev–Trinajstić information content (AvgIpc) is 3.41. The summed E-state index contributed by atoms with van der Waals surface area (Å²) in [6.07, 6.45) is 1.87. The third-order valence-electron chi connectivity index (χ3n) is 6.91. The Balaban J connectivity index is 1.33. The van der Waals surface area contributed by atoms with Crippen LogP contribution in [-0.4, -0.2) is 82.1 Å². The highest BCUT2D eigenvalue weighted by molar-refractivity contribution is 8.02. The molecule has 0 N–H and O–H groups in total. The van der Waals surface area contributed by atoms with E-state index in [0.29, 0.717) is 0 Å². The van der Waals surface area contributed by atoms with Crippen LogP contribution < -0.4 is 0 Å². The van der Waals surface area contributed by atoms with Crippen LogP contribution in [0.4, 0.5) is 4.79 Å². The molecule has 0 aromatic heterocycles. The van der Waals surface area contributed by atoms with Crippen molar-refractivity contribution in [3.05, 3.63) is 71.8 Å². The fraction of sp³-hybridized carbons (Fsp3) is 0.346. The molecule has 3 aliphatic rings. The predicted molar refractivity (Wildman–Crippen MR) is 138 cm³/mol. The van der Waals surface area contributed by atoms with Crippen molar-refractivity contribution < 1.29 is 23.8 Å². The minimum atomic E-state index is -1.53. The van der Waals surface area contributed by atoms with E-state index in [1.165, 1.54) is 14.8 Å². The van der Waals surface area contributed by atoms with Gasteiger partial charge in [-0.15, -0.1) is 0 Å². The van der Waals surface area contributed by atoms with Crippen molar-refractivity contribution in [2.75, 3.05) is 13.1 Å². The summed E-state index contributed by atoms with van der Waals surface area (Å²) in [5, 5.41) is 5.18. The Labute approximate surface area is 220 Å². The minimum Gasteiger partial charge on any atom is -0.541 e. The molecular weight excluding hydrogens is 491 g/mol. The molecule has 0 aliphatic carbocycles. The van der Waals surface area contributed by atoms with Gasteiger partial charge in [0.1, 0.15) is 5.78 Å². The van der Waals surface area contributed by atoms with Crippen molar-refractivity contribution >= 4 is 49.7 Å². The van der Waals surface area contributed by atoms with Gasteiger partial charge in [0.05, 0.1) is 36.6 Å². The first-order valence-electron chi connectivity index (χ1n) is 12.0. The van der Waals surface area contributed by atoms with Gasteiger partial charge in [-0.05, 0) is 18.1 Å². The zero-order valence-electron chi connectivity index (χ0n) is 20.2. The molecule has 4 atom stereocenters. The number of ketones is 1. The maximum absolute atomic E-state index is 13.4. The fourth-order valence-electron chi connectivity index (χ4n) is 5.15. The van der Waals surface area contributed by atoms with Gasteiger partial charge in [0, 0.05) is 12.8 Å². The van der Waals surface area contributed by atoms with Gasteiger partial charge < -0.3 is 9.55 Å². The second kappa shape index (κ2) is 10.0. The lowest BCUT2D eigenvalue weighted by Crippen LogP contribution is -2.60. The number of rotatable bonds is 8. The van der Waals surface area contributed by atoms with E-state index in [1.54, 1.807) is 13.1 Å². The predicted octanol–water partition coefficient (Wildman–Crippen LogP) is 2.20. The third kappa shape index (κ3) is 4.52. The molecule has 5 rings (SSSR count). The Morgan fingerprint density at radius 1 is 1.14 bits per heavy atom. The van der Waals surface area contributed by atoms with Crippen LogP contribution >= 0.6 is 11.8 Å². The Bertz CT molecular complexity index is 1250. The van der Waals surface area contributed by atoms with Gasteiger partial charge in [0.25, 0.3) is 0 Å². The summed E-state index contributed by atoms with van der Waals surface area (Å²) in [6.45, 7) is 1.99. The molecule has 37 heavy (non-hydrogen) atoms. The van der Waals surface area contributed by atoms with E-state index in [2.05, 4.69) is 9.76 Å². The fourth-order valence-corrected chi connectivity index (χ4v) is 6.96. The number of hydrogen-bond donors (Lipinski definition) is 0. The third-order valence-corrected chi connectivity index (χ3v) is 8.62. The lowest BCUT2D eigenvalue weighted by Gasteiger charge is -2.41. The standard InChI is InChI=1S/C26H25BN4O5S/c1-17-15-30(28-14-19-10-6-3-7-11-19)25(35)31(17)26(24(34)36-27)16-29-22(33)21(23(29)37-26)13-20(32)12-18-8-4-2-5-9-18/h2-11,14,17,21,23H,12-13,15-16H2,1H3/b28-14+/t17-,21?,23+,26+/m0/s1. The highest BCUT2D eigenvalue weighted by atomic mass is 32.2. The largest absolute Gasteiger partial charge is 0.541 e. The number of carbonyl (C=O) groups excluding carboxylic acids is 4. The molecular formula is C26H25BN4O5S. The topological polar surface area (TPSA) is 99.6 Å². The summed E-state index contributed by atoms with van der Waals surface area (Å²) in [5.41, 5.74) is 1.70. The lowest BCUT2D eigenvalue weighted by atomic mass is 9.90. The summed E-state index contributed by atoms with van der Waals surface area (Å²) in [4.78, 5) is 53.6. The number of thioether (sulfide) groups is 1. The molecule has 3 fully saturated rings. The highest BCUT2D eigenvalue weighted by Crippen LogP contribution is 2.53. The number of nitrogens with zero attached hydrogens (tertiary/aromatic N) is 4. The molecule has 9 nitrogen and oxygen atoms in total. The van der Waals surface area contributed by atoms with E-state index in [0.717, 1.165) is 22.9 Å². The summed E-state index contributed by atoms with van der Waals surface area (Å²) >= 11 is 1.15. The molecule has 1 unspecified atom stereocenters. The molecule has 3 amide bonds. The molecule has 0 bridgehead atoms. The van der Waals surface area contributed by atoms with Crippen LogP contribution in [0.1, 0.15) is 24.5 Å². The number of hydrogen-bond acceptors (Lipinski definition) is 7. The second-order valence-electron chi connectivity index (χ2n) is 9.41. The van der Waals surface area contributed by atoms with E-state index in [-0.39, 0.29) is 37.6 Å². The first-order chi connectivity index (χ1) is 17.8. The zero-order chi connectivity index (χ0) is 26.2. The number of hydrazone groups is 1. The van der Waals surface area contributed by atoms with E-state index >= 15 is 0 Å². The van der Waals surface area contributed by atoms with Crippen LogP contribution in [0, 0.1) is 5.92 Å².